The van der Waals surface area contributed by atoms with Crippen molar-refractivity contribution in [1.82, 2.24) is 14.5 Å². The van der Waals surface area contributed by atoms with Crippen molar-refractivity contribution in [3.63, 3.8) is 0 Å². The molecule has 7 nitrogen and oxygen atoms in total. The molecule has 1 N–H and O–H groups in total. The van der Waals surface area contributed by atoms with Crippen molar-refractivity contribution in [3.8, 4) is 6.07 Å². The number of nitriles is 1. The minimum absolute atomic E-state index is 0.139. The number of hydrogen-bond donors (Lipinski definition) is 1. The second-order valence-electron chi connectivity index (χ2n) is 8.67. The van der Waals surface area contributed by atoms with Gasteiger partial charge in [0.05, 0.1) is 28.7 Å². The highest BCUT2D eigenvalue weighted by Gasteiger charge is 2.34. The largest absolute Gasteiger partial charge is 0.370 e. The highest BCUT2D eigenvalue weighted by molar-refractivity contribution is 7.89. The van der Waals surface area contributed by atoms with Crippen molar-refractivity contribution in [1.29, 1.82) is 5.26 Å². The summed E-state index contributed by atoms with van der Waals surface area (Å²) in [6.45, 7) is 5.41. The summed E-state index contributed by atoms with van der Waals surface area (Å²) in [7, 11) is -3.58. The standard InChI is InChI=1S/C24H29FN4O3S/c25-21-4-1-3-19(13-21)9-12-29-17-22-15-28(16-23(18-29)32-22)11-2-10-27-33(30,31)24-7-5-20(14-26)6-8-24/h1,3-8,13,22-23,27H,2,9-12,15-18H2. The number of nitrogens with one attached hydrogen (secondary N) is 1. The van der Waals surface area contributed by atoms with Gasteiger partial charge < -0.3 is 4.74 Å². The first-order chi connectivity index (χ1) is 15.9. The molecule has 0 aromatic heterocycles. The molecule has 0 radical (unpaired) electrons. The lowest BCUT2D eigenvalue weighted by atomic mass is 10.1. The van der Waals surface area contributed by atoms with Gasteiger partial charge in [-0.05, 0) is 61.3 Å². The van der Waals surface area contributed by atoms with Gasteiger partial charge in [0.1, 0.15) is 5.82 Å². The van der Waals surface area contributed by atoms with Gasteiger partial charge in [-0.15, -0.1) is 0 Å². The summed E-state index contributed by atoms with van der Waals surface area (Å²) < 4.78 is 47.0. The lowest BCUT2D eigenvalue weighted by Gasteiger charge is -2.46. The van der Waals surface area contributed by atoms with Crippen molar-refractivity contribution in [2.24, 2.45) is 0 Å². The van der Waals surface area contributed by atoms with E-state index in [1.807, 2.05) is 12.1 Å². The molecular formula is C24H29FN4O3S. The van der Waals surface area contributed by atoms with E-state index in [9.17, 15) is 12.8 Å². The smallest absolute Gasteiger partial charge is 0.240 e. The lowest BCUT2D eigenvalue weighted by molar-refractivity contribution is -0.138. The third-order valence-electron chi connectivity index (χ3n) is 6.07. The van der Waals surface area contributed by atoms with Gasteiger partial charge in [0, 0.05) is 39.3 Å². The van der Waals surface area contributed by atoms with Gasteiger partial charge >= 0.3 is 0 Å². The summed E-state index contributed by atoms with van der Waals surface area (Å²) in [5, 5.41) is 8.84. The zero-order chi connectivity index (χ0) is 23.3. The quantitative estimate of drug-likeness (QED) is 0.562. The van der Waals surface area contributed by atoms with Crippen LogP contribution in [0.5, 0.6) is 0 Å². The van der Waals surface area contributed by atoms with Gasteiger partial charge in [-0.1, -0.05) is 12.1 Å². The summed E-state index contributed by atoms with van der Waals surface area (Å²) in [4.78, 5) is 4.91. The van der Waals surface area contributed by atoms with Crippen LogP contribution in [0.15, 0.2) is 53.4 Å². The number of ether oxygens (including phenoxy) is 1. The predicted molar refractivity (Wildman–Crippen MR) is 123 cm³/mol. The molecule has 2 atom stereocenters. The van der Waals surface area contributed by atoms with E-state index in [0.717, 1.165) is 51.3 Å². The van der Waals surface area contributed by atoms with E-state index in [1.165, 1.54) is 30.3 Å². The average Bonchev–Trinajstić information content (AvgIpc) is 2.80. The monoisotopic (exact) mass is 472 g/mol. The second kappa shape index (κ2) is 10.7. The molecule has 0 saturated carbocycles. The third kappa shape index (κ3) is 6.59. The topological polar surface area (TPSA) is 85.7 Å². The fourth-order valence-corrected chi connectivity index (χ4v) is 5.58. The number of fused-ring (bicyclic) bond motifs is 2. The summed E-state index contributed by atoms with van der Waals surface area (Å²) in [5.74, 6) is -0.193. The fraction of sp³-hybridized carbons (Fsp3) is 0.458. The molecule has 2 bridgehead atoms. The van der Waals surface area contributed by atoms with Crippen LogP contribution >= 0.6 is 0 Å². The van der Waals surface area contributed by atoms with Crippen LogP contribution < -0.4 is 4.72 Å². The Hall–Kier alpha value is -2.35. The zero-order valence-corrected chi connectivity index (χ0v) is 19.3. The molecule has 0 spiro atoms. The van der Waals surface area contributed by atoms with E-state index in [4.69, 9.17) is 10.00 Å². The highest BCUT2D eigenvalue weighted by Crippen LogP contribution is 2.20. The number of hydrogen-bond acceptors (Lipinski definition) is 6. The van der Waals surface area contributed by atoms with E-state index in [2.05, 4.69) is 14.5 Å². The van der Waals surface area contributed by atoms with Crippen LogP contribution in [-0.2, 0) is 21.2 Å². The average molecular weight is 473 g/mol. The molecule has 2 fully saturated rings. The van der Waals surface area contributed by atoms with Crippen LogP contribution in [0.4, 0.5) is 4.39 Å². The molecule has 176 valence electrons. The van der Waals surface area contributed by atoms with Crippen LogP contribution in [-0.4, -0.2) is 76.2 Å². The maximum absolute atomic E-state index is 13.4. The number of rotatable bonds is 9. The van der Waals surface area contributed by atoms with Gasteiger partial charge in [0.15, 0.2) is 0 Å². The van der Waals surface area contributed by atoms with Crippen LogP contribution in [0.2, 0.25) is 0 Å². The molecule has 33 heavy (non-hydrogen) atoms. The van der Waals surface area contributed by atoms with Crippen molar-refractivity contribution in [2.75, 3.05) is 45.8 Å². The van der Waals surface area contributed by atoms with Crippen LogP contribution in [0.1, 0.15) is 17.5 Å². The minimum atomic E-state index is -3.58. The fourth-order valence-electron chi connectivity index (χ4n) is 4.51. The Balaban J connectivity index is 1.18. The predicted octanol–water partition coefficient (Wildman–Crippen LogP) is 1.99. The first-order valence-corrected chi connectivity index (χ1v) is 12.7. The first-order valence-electron chi connectivity index (χ1n) is 11.3. The molecule has 0 aliphatic carbocycles. The Labute approximate surface area is 194 Å². The van der Waals surface area contributed by atoms with Gasteiger partial charge in [0.25, 0.3) is 0 Å². The summed E-state index contributed by atoms with van der Waals surface area (Å²) in [6, 6.07) is 14.7. The summed E-state index contributed by atoms with van der Waals surface area (Å²) in [6.07, 6.45) is 1.80. The normalized spacial score (nSPS) is 21.6. The number of morpholine rings is 2. The molecule has 2 unspecified atom stereocenters. The second-order valence-corrected chi connectivity index (χ2v) is 10.4. The van der Waals surface area contributed by atoms with Crippen molar-refractivity contribution < 1.29 is 17.5 Å². The van der Waals surface area contributed by atoms with Crippen molar-refractivity contribution >= 4 is 10.0 Å². The highest BCUT2D eigenvalue weighted by atomic mass is 32.2. The Kier molecular flexibility index (Phi) is 7.73. The molecular weight excluding hydrogens is 443 g/mol. The Bertz CT molecular complexity index is 1070. The van der Waals surface area contributed by atoms with Gasteiger partial charge in [0.2, 0.25) is 10.0 Å². The first kappa shape index (κ1) is 23.8. The lowest BCUT2D eigenvalue weighted by Crippen LogP contribution is -2.59. The van der Waals surface area contributed by atoms with Crippen molar-refractivity contribution in [3.05, 3.63) is 65.5 Å². The van der Waals surface area contributed by atoms with E-state index in [1.54, 1.807) is 12.1 Å². The molecule has 4 rings (SSSR count). The summed E-state index contributed by atoms with van der Waals surface area (Å²) in [5.41, 5.74) is 1.44. The zero-order valence-electron chi connectivity index (χ0n) is 18.5. The minimum Gasteiger partial charge on any atom is -0.370 e. The number of benzene rings is 2. The van der Waals surface area contributed by atoms with Gasteiger partial charge in [-0.2, -0.15) is 5.26 Å². The molecule has 9 heteroatoms. The van der Waals surface area contributed by atoms with Crippen LogP contribution in [0.3, 0.4) is 0 Å². The number of halogens is 1. The molecule has 2 aliphatic rings. The Morgan fingerprint density at radius 3 is 2.33 bits per heavy atom. The van der Waals surface area contributed by atoms with E-state index in [0.29, 0.717) is 18.5 Å². The van der Waals surface area contributed by atoms with Gasteiger partial charge in [-0.3, -0.25) is 9.80 Å². The van der Waals surface area contributed by atoms with E-state index < -0.39 is 10.0 Å². The number of sulfonamides is 1. The van der Waals surface area contributed by atoms with Gasteiger partial charge in [-0.25, -0.2) is 17.5 Å². The Morgan fingerprint density at radius 1 is 1.03 bits per heavy atom. The molecule has 2 aromatic rings. The molecule has 2 heterocycles. The molecule has 2 aliphatic heterocycles. The Morgan fingerprint density at radius 2 is 1.70 bits per heavy atom. The van der Waals surface area contributed by atoms with E-state index >= 15 is 0 Å². The summed E-state index contributed by atoms with van der Waals surface area (Å²) >= 11 is 0. The molecule has 2 aromatic carbocycles. The van der Waals surface area contributed by atoms with Crippen LogP contribution in [0.25, 0.3) is 0 Å². The molecule has 2 saturated heterocycles. The van der Waals surface area contributed by atoms with Crippen molar-refractivity contribution in [2.45, 2.75) is 29.9 Å². The third-order valence-corrected chi connectivity index (χ3v) is 7.55. The van der Waals surface area contributed by atoms with E-state index in [-0.39, 0.29) is 22.9 Å². The number of nitrogens with zero attached hydrogens (tertiary/aromatic N) is 3. The maximum Gasteiger partial charge on any atom is 0.240 e. The maximum atomic E-state index is 13.4. The van der Waals surface area contributed by atoms with Crippen LogP contribution in [0, 0.1) is 17.1 Å². The SMILES string of the molecule is N#Cc1ccc(S(=O)(=O)NCCCN2CC3CN(CCc4cccc(F)c4)CC(C2)O3)cc1. The molecule has 0 amide bonds.